The molecule has 0 aliphatic carbocycles. The molecule has 7 rings (SSSR count). The van der Waals surface area contributed by atoms with E-state index in [2.05, 4.69) is 39.2 Å². The number of ether oxygens (including phenoxy) is 1. The molecule has 0 bridgehead atoms. The summed E-state index contributed by atoms with van der Waals surface area (Å²) in [7, 11) is -4.61. The van der Waals surface area contributed by atoms with Gasteiger partial charge in [0.15, 0.2) is 5.82 Å². The summed E-state index contributed by atoms with van der Waals surface area (Å²) in [6.45, 7) is 1.48. The van der Waals surface area contributed by atoms with Gasteiger partial charge in [0.2, 0.25) is 0 Å². The van der Waals surface area contributed by atoms with Crippen molar-refractivity contribution in [2.45, 2.75) is 17.0 Å². The molecular formula is C36H27ClN6O5S2. The fraction of sp³-hybridized carbons (Fsp3) is 0.111. The Bertz CT molecular complexity index is 2270. The normalized spacial score (nSPS) is 13.5. The average Bonchev–Trinajstić information content (AvgIpc) is 3.80. The van der Waals surface area contributed by atoms with E-state index in [1.807, 2.05) is 53.2 Å². The van der Waals surface area contributed by atoms with Crippen LogP contribution in [-0.2, 0) is 10.0 Å². The fourth-order valence-corrected chi connectivity index (χ4v) is 8.07. The van der Waals surface area contributed by atoms with Crippen LogP contribution in [0, 0.1) is 11.3 Å². The highest BCUT2D eigenvalue weighted by Crippen LogP contribution is 2.41. The number of nitrogens with zero attached hydrogens (tertiary/aromatic N) is 6. The Hall–Kier alpha value is -5.52. The molecule has 0 spiro atoms. The minimum atomic E-state index is -4.61. The van der Waals surface area contributed by atoms with Crippen molar-refractivity contribution >= 4 is 44.9 Å². The van der Waals surface area contributed by atoms with Crippen LogP contribution in [-0.4, -0.2) is 52.4 Å². The lowest BCUT2D eigenvalue weighted by Gasteiger charge is -2.45. The van der Waals surface area contributed by atoms with Gasteiger partial charge in [-0.2, -0.15) is 10.4 Å². The number of amides is 1. The first-order valence-electron chi connectivity index (χ1n) is 15.3. The molecule has 1 amide bonds. The third kappa shape index (κ3) is 6.33. The monoisotopic (exact) mass is 722 g/mol. The van der Waals surface area contributed by atoms with Gasteiger partial charge in [0, 0.05) is 35.3 Å². The van der Waals surface area contributed by atoms with Gasteiger partial charge in [0.25, 0.3) is 10.0 Å². The van der Waals surface area contributed by atoms with Gasteiger partial charge in [-0.15, -0.1) is 15.6 Å². The van der Waals surface area contributed by atoms with Gasteiger partial charge in [-0.3, -0.25) is 9.58 Å². The van der Waals surface area contributed by atoms with Gasteiger partial charge in [-0.25, -0.2) is 18.2 Å². The van der Waals surface area contributed by atoms with Gasteiger partial charge >= 0.3 is 6.09 Å². The minimum absolute atomic E-state index is 0.0517. The summed E-state index contributed by atoms with van der Waals surface area (Å²) < 4.78 is 35.1. The molecule has 0 atom stereocenters. The van der Waals surface area contributed by atoms with Crippen molar-refractivity contribution in [2.24, 2.45) is 0 Å². The highest BCUT2D eigenvalue weighted by molar-refractivity contribution is 7.93. The zero-order valence-corrected chi connectivity index (χ0v) is 28.5. The molecule has 1 N–H and O–H groups in total. The van der Waals surface area contributed by atoms with Crippen LogP contribution >= 0.6 is 22.9 Å². The Kier molecular flexibility index (Phi) is 9.09. The first kappa shape index (κ1) is 33.0. The lowest BCUT2D eigenvalue weighted by molar-refractivity contribution is 0.0691. The van der Waals surface area contributed by atoms with Crippen molar-refractivity contribution in [1.82, 2.24) is 19.7 Å². The standard InChI is InChI=1S/C36H27ClN6O5S2/c37-27-11-13-33(48-32-14-12-29(17-26(32)19-38)50(46,47)43(36(44)45)34-22-49-23-39-34)30(18-27)31-15-16-40-42(31)28-20-41(21-28)35(24-7-3-1-4-8-24)25-9-5-2-6-10-25/h1-18,22-23,28,35H,20-21H2,(H,44,45). The number of sulfonamides is 1. The average molecular weight is 723 g/mol. The molecule has 0 saturated carbocycles. The van der Waals surface area contributed by atoms with E-state index >= 15 is 0 Å². The highest BCUT2D eigenvalue weighted by atomic mass is 35.5. The van der Waals surface area contributed by atoms with Gasteiger partial charge in [-0.1, -0.05) is 72.3 Å². The molecule has 0 radical (unpaired) electrons. The number of likely N-dealkylation sites (tertiary alicyclic amines) is 1. The molecule has 1 aliphatic rings. The maximum Gasteiger partial charge on any atom is 0.427 e. The number of anilines is 1. The molecule has 1 aliphatic heterocycles. The Morgan fingerprint density at radius 3 is 2.28 bits per heavy atom. The maximum atomic E-state index is 13.4. The second kappa shape index (κ2) is 13.8. The SMILES string of the molecule is N#Cc1cc(S(=O)(=O)N(C(=O)O)c2cscn2)ccc1Oc1ccc(Cl)cc1-c1ccnn1C1CN(C(c2ccccc2)c2ccccc2)C1. The summed E-state index contributed by atoms with van der Waals surface area (Å²) in [4.78, 5) is 17.8. The van der Waals surface area contributed by atoms with E-state index in [1.165, 1.54) is 34.2 Å². The summed E-state index contributed by atoms with van der Waals surface area (Å²) in [5.41, 5.74) is 4.98. The number of carboxylic acid groups (broad SMARTS) is 1. The summed E-state index contributed by atoms with van der Waals surface area (Å²) in [5.74, 6) is 0.162. The third-order valence-corrected chi connectivity index (χ3v) is 10.8. The predicted molar refractivity (Wildman–Crippen MR) is 189 cm³/mol. The van der Waals surface area contributed by atoms with Gasteiger partial charge in [0.1, 0.15) is 17.6 Å². The number of benzene rings is 4. The van der Waals surface area contributed by atoms with Crippen LogP contribution in [0.3, 0.4) is 0 Å². The number of thiazole rings is 1. The Morgan fingerprint density at radius 1 is 0.980 bits per heavy atom. The molecule has 2 aromatic heterocycles. The van der Waals surface area contributed by atoms with E-state index in [0.29, 0.717) is 16.3 Å². The summed E-state index contributed by atoms with van der Waals surface area (Å²) in [5, 5.41) is 26.1. The number of hydrogen-bond donors (Lipinski definition) is 1. The van der Waals surface area contributed by atoms with Crippen molar-refractivity contribution in [3.8, 4) is 28.8 Å². The quantitative estimate of drug-likeness (QED) is 0.150. The second-order valence-electron chi connectivity index (χ2n) is 11.4. The van der Waals surface area contributed by atoms with E-state index in [4.69, 9.17) is 16.3 Å². The lowest BCUT2D eigenvalue weighted by Crippen LogP contribution is -2.50. The van der Waals surface area contributed by atoms with Crippen LogP contribution in [0.2, 0.25) is 5.02 Å². The van der Waals surface area contributed by atoms with Gasteiger partial charge in [-0.05, 0) is 53.6 Å². The zero-order chi connectivity index (χ0) is 34.8. The number of nitriles is 1. The third-order valence-electron chi connectivity index (χ3n) is 8.35. The van der Waals surface area contributed by atoms with Gasteiger partial charge < -0.3 is 9.84 Å². The fourth-order valence-electron chi connectivity index (χ4n) is 6.05. The van der Waals surface area contributed by atoms with E-state index < -0.39 is 21.0 Å². The topological polar surface area (TPSA) is 142 Å². The minimum Gasteiger partial charge on any atom is -0.464 e. The van der Waals surface area contributed by atoms with Crippen molar-refractivity contribution in [2.75, 3.05) is 17.4 Å². The van der Waals surface area contributed by atoms with Crippen molar-refractivity contribution in [1.29, 1.82) is 5.26 Å². The lowest BCUT2D eigenvalue weighted by atomic mass is 9.93. The number of halogens is 1. The Balaban J connectivity index is 1.16. The van der Waals surface area contributed by atoms with E-state index in [9.17, 15) is 23.6 Å². The summed E-state index contributed by atoms with van der Waals surface area (Å²) in [6.07, 6.45) is -0.0202. The number of carbonyl (C=O) groups is 1. The van der Waals surface area contributed by atoms with Crippen molar-refractivity contribution < 1.29 is 23.1 Å². The predicted octanol–water partition coefficient (Wildman–Crippen LogP) is 7.84. The highest BCUT2D eigenvalue weighted by Gasteiger charge is 2.37. The van der Waals surface area contributed by atoms with Crippen LogP contribution < -0.4 is 9.04 Å². The first-order valence-corrected chi connectivity index (χ1v) is 18.1. The number of hydrogen-bond acceptors (Lipinski definition) is 9. The van der Waals surface area contributed by atoms with Gasteiger partial charge in [0.05, 0.1) is 33.7 Å². The van der Waals surface area contributed by atoms with Crippen LogP contribution in [0.5, 0.6) is 11.5 Å². The molecule has 250 valence electrons. The molecule has 1 saturated heterocycles. The molecular weight excluding hydrogens is 696 g/mol. The van der Waals surface area contributed by atoms with Crippen LogP contribution in [0.15, 0.2) is 125 Å². The largest absolute Gasteiger partial charge is 0.464 e. The maximum absolute atomic E-state index is 13.4. The number of rotatable bonds is 10. The van der Waals surface area contributed by atoms with E-state index in [1.54, 1.807) is 24.4 Å². The number of aromatic nitrogens is 3. The summed E-state index contributed by atoms with van der Waals surface area (Å²) in [6, 6.07) is 33.4. The van der Waals surface area contributed by atoms with E-state index in [-0.39, 0.29) is 33.5 Å². The molecule has 6 aromatic rings. The Labute approximate surface area is 296 Å². The van der Waals surface area contributed by atoms with Crippen LogP contribution in [0.4, 0.5) is 10.6 Å². The van der Waals surface area contributed by atoms with E-state index in [0.717, 1.165) is 36.2 Å². The van der Waals surface area contributed by atoms with Crippen LogP contribution in [0.1, 0.15) is 28.8 Å². The first-order chi connectivity index (χ1) is 24.2. The molecule has 11 nitrogen and oxygen atoms in total. The summed E-state index contributed by atoms with van der Waals surface area (Å²) >= 11 is 7.52. The smallest absolute Gasteiger partial charge is 0.427 e. The molecule has 3 heterocycles. The zero-order valence-electron chi connectivity index (χ0n) is 26.1. The molecule has 0 unspecified atom stereocenters. The molecule has 14 heteroatoms. The van der Waals surface area contributed by atoms with Crippen molar-refractivity contribution in [3.05, 3.63) is 142 Å². The Morgan fingerprint density at radius 2 is 1.66 bits per heavy atom. The second-order valence-corrected chi connectivity index (χ2v) is 14.3. The molecule has 50 heavy (non-hydrogen) atoms. The van der Waals surface area contributed by atoms with Crippen LogP contribution in [0.25, 0.3) is 11.3 Å². The molecule has 1 fully saturated rings. The van der Waals surface area contributed by atoms with Crippen molar-refractivity contribution in [3.63, 3.8) is 0 Å². The molecule has 4 aromatic carbocycles.